The van der Waals surface area contributed by atoms with Crippen LogP contribution in [0.5, 0.6) is 0 Å². The first-order chi connectivity index (χ1) is 8.50. The fourth-order valence-electron chi connectivity index (χ4n) is 1.23. The zero-order chi connectivity index (χ0) is 14.8. The van der Waals surface area contributed by atoms with Crippen LogP contribution < -0.4 is 5.32 Å². The molecular formula is C10H7BrF6N2. The van der Waals surface area contributed by atoms with Gasteiger partial charge in [-0.1, -0.05) is 15.9 Å². The van der Waals surface area contributed by atoms with Crippen molar-refractivity contribution >= 4 is 27.3 Å². The minimum Gasteiger partial charge on any atom is -0.376 e. The van der Waals surface area contributed by atoms with E-state index in [4.69, 9.17) is 5.41 Å². The van der Waals surface area contributed by atoms with E-state index in [1.165, 1.54) is 6.07 Å². The molecule has 0 heterocycles. The summed E-state index contributed by atoms with van der Waals surface area (Å²) in [6.45, 7) is -1.48. The topological polar surface area (TPSA) is 35.9 Å². The average molecular weight is 349 g/mol. The normalized spacial score (nSPS) is 12.4. The van der Waals surface area contributed by atoms with Crippen molar-refractivity contribution in [3.63, 3.8) is 0 Å². The first-order valence-electron chi connectivity index (χ1n) is 4.77. The van der Waals surface area contributed by atoms with Crippen LogP contribution in [0.3, 0.4) is 0 Å². The van der Waals surface area contributed by atoms with E-state index in [1.807, 2.05) is 5.32 Å². The minimum absolute atomic E-state index is 0.302. The molecule has 1 rings (SSSR count). The summed E-state index contributed by atoms with van der Waals surface area (Å²) in [7, 11) is 0. The van der Waals surface area contributed by atoms with Crippen LogP contribution in [-0.2, 0) is 0 Å². The number of nitrogens with one attached hydrogen (secondary N) is 2. The highest BCUT2D eigenvalue weighted by molar-refractivity contribution is 9.10. The number of hydrogen-bond acceptors (Lipinski definition) is 2. The SMILES string of the molecule is N=C(c1ccc(Br)cc1NCC(F)(F)F)C(F)(F)F. The Morgan fingerprint density at radius 3 is 2.21 bits per heavy atom. The quantitative estimate of drug-likeness (QED) is 0.618. The zero-order valence-corrected chi connectivity index (χ0v) is 10.7. The van der Waals surface area contributed by atoms with Crippen molar-refractivity contribution in [3.05, 3.63) is 28.2 Å². The second-order valence-corrected chi connectivity index (χ2v) is 4.45. The van der Waals surface area contributed by atoms with Gasteiger partial charge in [-0.2, -0.15) is 26.3 Å². The number of hydrogen-bond donors (Lipinski definition) is 2. The molecule has 1 aromatic rings. The molecule has 0 radical (unpaired) electrons. The molecule has 0 atom stereocenters. The molecule has 0 unspecified atom stereocenters. The molecule has 0 aliphatic rings. The highest BCUT2D eigenvalue weighted by atomic mass is 79.9. The predicted octanol–water partition coefficient (Wildman–Crippen LogP) is 4.35. The predicted molar refractivity (Wildman–Crippen MR) is 61.6 cm³/mol. The Kier molecular flexibility index (Phi) is 4.49. The van der Waals surface area contributed by atoms with E-state index in [0.29, 0.717) is 4.47 Å². The van der Waals surface area contributed by atoms with Gasteiger partial charge in [0.05, 0.1) is 0 Å². The van der Waals surface area contributed by atoms with Crippen molar-refractivity contribution in [1.29, 1.82) is 5.41 Å². The molecule has 0 aromatic heterocycles. The Hall–Kier alpha value is -1.25. The first kappa shape index (κ1) is 15.8. The third-order valence-corrected chi connectivity index (χ3v) is 2.51. The van der Waals surface area contributed by atoms with Crippen LogP contribution >= 0.6 is 15.9 Å². The lowest BCUT2D eigenvalue weighted by atomic mass is 10.1. The maximum absolute atomic E-state index is 12.4. The van der Waals surface area contributed by atoms with Crippen LogP contribution in [0.25, 0.3) is 0 Å². The van der Waals surface area contributed by atoms with Gasteiger partial charge in [-0.25, -0.2) is 0 Å². The summed E-state index contributed by atoms with van der Waals surface area (Å²) in [5.74, 6) is 0. The lowest BCUT2D eigenvalue weighted by Gasteiger charge is -2.16. The van der Waals surface area contributed by atoms with E-state index in [2.05, 4.69) is 15.9 Å². The fraction of sp³-hybridized carbons (Fsp3) is 0.300. The summed E-state index contributed by atoms with van der Waals surface area (Å²) >= 11 is 2.94. The molecule has 1 aromatic carbocycles. The monoisotopic (exact) mass is 348 g/mol. The first-order valence-corrected chi connectivity index (χ1v) is 5.56. The molecule has 0 fully saturated rings. The van der Waals surface area contributed by atoms with E-state index < -0.39 is 35.9 Å². The molecule has 0 aliphatic carbocycles. The summed E-state index contributed by atoms with van der Waals surface area (Å²) in [6.07, 6.45) is -9.50. The average Bonchev–Trinajstić information content (AvgIpc) is 2.23. The molecule has 19 heavy (non-hydrogen) atoms. The Labute approximate surface area is 112 Å². The smallest absolute Gasteiger partial charge is 0.376 e. The number of alkyl halides is 6. The molecule has 9 heteroatoms. The summed E-state index contributed by atoms with van der Waals surface area (Å²) in [5.41, 5.74) is -2.75. The van der Waals surface area contributed by atoms with Crippen molar-refractivity contribution in [2.75, 3.05) is 11.9 Å². The van der Waals surface area contributed by atoms with Crippen LogP contribution in [0, 0.1) is 5.41 Å². The van der Waals surface area contributed by atoms with Crippen molar-refractivity contribution < 1.29 is 26.3 Å². The molecule has 0 bridgehead atoms. The van der Waals surface area contributed by atoms with Gasteiger partial charge in [0.25, 0.3) is 0 Å². The van der Waals surface area contributed by atoms with Crippen LogP contribution in [0.1, 0.15) is 5.56 Å². The minimum atomic E-state index is -4.93. The van der Waals surface area contributed by atoms with Gasteiger partial charge >= 0.3 is 12.4 Å². The van der Waals surface area contributed by atoms with Gasteiger partial charge in [-0.05, 0) is 18.2 Å². The second kappa shape index (κ2) is 5.40. The molecule has 0 saturated heterocycles. The molecule has 2 nitrogen and oxygen atoms in total. The van der Waals surface area contributed by atoms with Crippen LogP contribution in [-0.4, -0.2) is 24.6 Å². The lowest BCUT2D eigenvalue weighted by Crippen LogP contribution is -2.26. The standard InChI is InChI=1S/C10H7BrF6N2/c11-5-1-2-6(8(18)10(15,16)17)7(3-5)19-4-9(12,13)14/h1-3,18-19H,4H2. The van der Waals surface area contributed by atoms with Gasteiger partial charge < -0.3 is 5.32 Å². The van der Waals surface area contributed by atoms with Crippen molar-refractivity contribution in [2.24, 2.45) is 0 Å². The fourth-order valence-corrected chi connectivity index (χ4v) is 1.59. The number of halogens is 7. The van der Waals surface area contributed by atoms with Gasteiger partial charge in [0.15, 0.2) is 0 Å². The maximum atomic E-state index is 12.4. The Morgan fingerprint density at radius 2 is 1.74 bits per heavy atom. The third kappa shape index (κ3) is 4.73. The molecule has 0 amide bonds. The van der Waals surface area contributed by atoms with Gasteiger partial charge in [0.1, 0.15) is 12.3 Å². The van der Waals surface area contributed by atoms with Crippen molar-refractivity contribution in [1.82, 2.24) is 0 Å². The molecular weight excluding hydrogens is 342 g/mol. The van der Waals surface area contributed by atoms with Gasteiger partial charge in [0.2, 0.25) is 0 Å². The number of anilines is 1. The Balaban J connectivity index is 3.08. The lowest BCUT2D eigenvalue weighted by molar-refractivity contribution is -0.115. The number of benzene rings is 1. The van der Waals surface area contributed by atoms with Crippen LogP contribution in [0.2, 0.25) is 0 Å². The Morgan fingerprint density at radius 1 is 1.16 bits per heavy atom. The largest absolute Gasteiger partial charge is 0.433 e. The maximum Gasteiger partial charge on any atom is 0.433 e. The summed E-state index contributed by atoms with van der Waals surface area (Å²) in [4.78, 5) is 0. The zero-order valence-electron chi connectivity index (χ0n) is 9.08. The van der Waals surface area contributed by atoms with Crippen molar-refractivity contribution in [3.8, 4) is 0 Å². The summed E-state index contributed by atoms with van der Waals surface area (Å²) in [6, 6.07) is 3.20. The second-order valence-electron chi connectivity index (χ2n) is 3.53. The third-order valence-electron chi connectivity index (χ3n) is 2.01. The Bertz CT molecular complexity index is 480. The van der Waals surface area contributed by atoms with Gasteiger partial charge in [0, 0.05) is 15.7 Å². The van der Waals surface area contributed by atoms with Crippen LogP contribution in [0.15, 0.2) is 22.7 Å². The van der Waals surface area contributed by atoms with Gasteiger partial charge in [-0.15, -0.1) is 0 Å². The molecule has 0 spiro atoms. The van der Waals surface area contributed by atoms with Crippen molar-refractivity contribution in [2.45, 2.75) is 12.4 Å². The van der Waals surface area contributed by atoms with E-state index in [-0.39, 0.29) is 0 Å². The van der Waals surface area contributed by atoms with E-state index >= 15 is 0 Å². The molecule has 2 N–H and O–H groups in total. The molecule has 106 valence electrons. The van der Waals surface area contributed by atoms with E-state index in [0.717, 1.165) is 12.1 Å². The summed E-state index contributed by atoms with van der Waals surface area (Å²) in [5, 5.41) is 8.82. The van der Waals surface area contributed by atoms with E-state index in [1.54, 1.807) is 0 Å². The summed E-state index contributed by atoms with van der Waals surface area (Å²) < 4.78 is 73.7. The van der Waals surface area contributed by atoms with Gasteiger partial charge in [-0.3, -0.25) is 5.41 Å². The highest BCUT2D eigenvalue weighted by Gasteiger charge is 2.37. The number of rotatable bonds is 3. The molecule has 0 aliphatic heterocycles. The highest BCUT2D eigenvalue weighted by Crippen LogP contribution is 2.29. The molecule has 0 saturated carbocycles. The van der Waals surface area contributed by atoms with Crippen LogP contribution in [0.4, 0.5) is 32.0 Å². The van der Waals surface area contributed by atoms with E-state index in [9.17, 15) is 26.3 Å².